The molecule has 0 bridgehead atoms. The highest BCUT2D eigenvalue weighted by molar-refractivity contribution is 5.95. The fourth-order valence-corrected chi connectivity index (χ4v) is 2.79. The van der Waals surface area contributed by atoms with E-state index >= 15 is 0 Å². The maximum absolute atomic E-state index is 12.6. The molecule has 29 heavy (non-hydrogen) atoms. The Morgan fingerprint density at radius 3 is 2.52 bits per heavy atom. The Labute approximate surface area is 167 Å². The van der Waals surface area contributed by atoms with E-state index in [9.17, 15) is 24.8 Å². The lowest BCUT2D eigenvalue weighted by atomic mass is 10.0. The molecule has 154 valence electrons. The average Bonchev–Trinajstić information content (AvgIpc) is 2.67. The van der Waals surface area contributed by atoms with Gasteiger partial charge in [-0.1, -0.05) is 12.1 Å². The second-order valence-corrected chi connectivity index (χ2v) is 6.23. The molecule has 2 aromatic carbocycles. The van der Waals surface area contributed by atoms with Crippen molar-refractivity contribution in [2.24, 2.45) is 0 Å². The van der Waals surface area contributed by atoms with Gasteiger partial charge in [0.05, 0.1) is 31.1 Å². The van der Waals surface area contributed by atoms with Gasteiger partial charge < -0.3 is 19.9 Å². The highest BCUT2D eigenvalue weighted by Gasteiger charge is 2.22. The summed E-state index contributed by atoms with van der Waals surface area (Å²) in [6.07, 6.45) is -0.378. The number of nitro benzene ring substituents is 1. The fourth-order valence-electron chi connectivity index (χ4n) is 2.79. The van der Waals surface area contributed by atoms with E-state index in [-0.39, 0.29) is 17.7 Å². The van der Waals surface area contributed by atoms with Gasteiger partial charge in [-0.2, -0.15) is 0 Å². The average molecular weight is 402 g/mol. The van der Waals surface area contributed by atoms with Crippen molar-refractivity contribution in [1.82, 2.24) is 5.32 Å². The SMILES string of the molecule is CCOc1ccc([C@H](CC(=O)O)NC(=O)c2ccc(C)c([N+](=O)[O-])c2)cc1OC. The molecule has 2 rings (SSSR count). The summed E-state index contributed by atoms with van der Waals surface area (Å²) in [5.74, 6) is -0.835. The Bertz CT molecular complexity index is 927. The van der Waals surface area contributed by atoms with Crippen LogP contribution in [0.2, 0.25) is 0 Å². The molecule has 0 spiro atoms. The first-order chi connectivity index (χ1) is 13.8. The predicted octanol–water partition coefficient (Wildman–Crippen LogP) is 3.26. The second kappa shape index (κ2) is 9.54. The molecule has 2 aromatic rings. The van der Waals surface area contributed by atoms with Crippen molar-refractivity contribution >= 4 is 17.6 Å². The van der Waals surface area contributed by atoms with Crippen molar-refractivity contribution < 1.29 is 29.1 Å². The van der Waals surface area contributed by atoms with E-state index in [1.165, 1.54) is 25.3 Å². The van der Waals surface area contributed by atoms with Crippen LogP contribution < -0.4 is 14.8 Å². The van der Waals surface area contributed by atoms with E-state index in [1.807, 2.05) is 6.92 Å². The lowest BCUT2D eigenvalue weighted by molar-refractivity contribution is -0.385. The summed E-state index contributed by atoms with van der Waals surface area (Å²) >= 11 is 0. The topological polar surface area (TPSA) is 128 Å². The van der Waals surface area contributed by atoms with E-state index in [0.717, 1.165) is 0 Å². The zero-order chi connectivity index (χ0) is 21.6. The monoisotopic (exact) mass is 402 g/mol. The molecule has 1 amide bonds. The van der Waals surface area contributed by atoms with Crippen LogP contribution >= 0.6 is 0 Å². The van der Waals surface area contributed by atoms with Crippen LogP contribution in [0.4, 0.5) is 5.69 Å². The van der Waals surface area contributed by atoms with E-state index < -0.39 is 22.8 Å². The van der Waals surface area contributed by atoms with Gasteiger partial charge in [0.2, 0.25) is 0 Å². The van der Waals surface area contributed by atoms with Gasteiger partial charge in [-0.15, -0.1) is 0 Å². The van der Waals surface area contributed by atoms with Gasteiger partial charge in [-0.3, -0.25) is 19.7 Å². The number of amides is 1. The molecule has 0 fully saturated rings. The number of nitro groups is 1. The third kappa shape index (κ3) is 5.44. The van der Waals surface area contributed by atoms with Crippen LogP contribution in [0, 0.1) is 17.0 Å². The number of hydrogen-bond acceptors (Lipinski definition) is 6. The first-order valence-corrected chi connectivity index (χ1v) is 8.85. The van der Waals surface area contributed by atoms with Crippen LogP contribution in [-0.4, -0.2) is 35.6 Å². The molecule has 0 aromatic heterocycles. The first-order valence-electron chi connectivity index (χ1n) is 8.85. The molecular weight excluding hydrogens is 380 g/mol. The highest BCUT2D eigenvalue weighted by atomic mass is 16.6. The Morgan fingerprint density at radius 2 is 1.93 bits per heavy atom. The summed E-state index contributed by atoms with van der Waals surface area (Å²) < 4.78 is 10.7. The summed E-state index contributed by atoms with van der Waals surface area (Å²) in [6.45, 7) is 3.82. The molecule has 0 unspecified atom stereocenters. The summed E-state index contributed by atoms with van der Waals surface area (Å²) in [7, 11) is 1.46. The van der Waals surface area contributed by atoms with Gasteiger partial charge in [0, 0.05) is 17.2 Å². The van der Waals surface area contributed by atoms with Gasteiger partial charge in [0.1, 0.15) is 0 Å². The van der Waals surface area contributed by atoms with Crippen LogP contribution in [0.25, 0.3) is 0 Å². The fraction of sp³-hybridized carbons (Fsp3) is 0.300. The van der Waals surface area contributed by atoms with E-state index in [4.69, 9.17) is 9.47 Å². The summed E-state index contributed by atoms with van der Waals surface area (Å²) in [5.41, 5.74) is 0.804. The maximum Gasteiger partial charge on any atom is 0.305 e. The number of ether oxygens (including phenoxy) is 2. The number of carbonyl (C=O) groups is 2. The molecular formula is C20H22N2O7. The molecule has 0 aliphatic carbocycles. The molecule has 0 saturated heterocycles. The molecule has 0 heterocycles. The Morgan fingerprint density at radius 1 is 1.21 bits per heavy atom. The second-order valence-electron chi connectivity index (χ2n) is 6.23. The van der Waals surface area contributed by atoms with Crippen molar-refractivity contribution in [3.05, 3.63) is 63.2 Å². The third-order valence-electron chi connectivity index (χ3n) is 4.24. The maximum atomic E-state index is 12.6. The van der Waals surface area contributed by atoms with Crippen LogP contribution in [0.15, 0.2) is 36.4 Å². The van der Waals surface area contributed by atoms with Crippen LogP contribution in [0.5, 0.6) is 11.5 Å². The molecule has 1 atom stereocenters. The number of nitrogens with zero attached hydrogens (tertiary/aromatic N) is 1. The summed E-state index contributed by atoms with van der Waals surface area (Å²) in [4.78, 5) is 34.5. The number of methoxy groups -OCH3 is 1. The standard InChI is InChI=1S/C20H22N2O7/c1-4-29-17-8-7-13(10-18(17)28-3)15(11-19(23)24)21-20(25)14-6-5-12(2)16(9-14)22(26)27/h5-10,15H,4,11H2,1-3H3,(H,21,25)(H,23,24)/t15-/m0/s1. The molecule has 0 saturated carbocycles. The van der Waals surface area contributed by atoms with Crippen molar-refractivity contribution in [3.63, 3.8) is 0 Å². The lowest BCUT2D eigenvalue weighted by Gasteiger charge is -2.19. The molecule has 2 N–H and O–H groups in total. The van der Waals surface area contributed by atoms with E-state index in [0.29, 0.717) is 29.2 Å². The number of carbonyl (C=O) groups excluding carboxylic acids is 1. The molecule has 0 radical (unpaired) electrons. The largest absolute Gasteiger partial charge is 0.493 e. The number of carboxylic acids is 1. The van der Waals surface area contributed by atoms with Crippen molar-refractivity contribution in [3.8, 4) is 11.5 Å². The van der Waals surface area contributed by atoms with E-state index in [1.54, 1.807) is 25.1 Å². The number of carboxylic acid groups (broad SMARTS) is 1. The third-order valence-corrected chi connectivity index (χ3v) is 4.24. The summed E-state index contributed by atoms with van der Waals surface area (Å²) in [5, 5.41) is 23.0. The predicted molar refractivity (Wildman–Crippen MR) is 104 cm³/mol. The van der Waals surface area contributed by atoms with Crippen molar-refractivity contribution in [1.29, 1.82) is 0 Å². The summed E-state index contributed by atoms with van der Waals surface area (Å²) in [6, 6.07) is 8.09. The number of hydrogen-bond donors (Lipinski definition) is 2. The number of benzene rings is 2. The van der Waals surface area contributed by atoms with Crippen molar-refractivity contribution in [2.45, 2.75) is 26.3 Å². The highest BCUT2D eigenvalue weighted by Crippen LogP contribution is 2.31. The van der Waals surface area contributed by atoms with Crippen LogP contribution in [0.3, 0.4) is 0 Å². The zero-order valence-electron chi connectivity index (χ0n) is 16.3. The van der Waals surface area contributed by atoms with Gasteiger partial charge >= 0.3 is 5.97 Å². The minimum Gasteiger partial charge on any atom is -0.493 e. The first kappa shape index (κ1) is 21.7. The minimum absolute atomic E-state index is 0.0654. The lowest BCUT2D eigenvalue weighted by Crippen LogP contribution is -2.30. The number of aliphatic carboxylic acids is 1. The Balaban J connectivity index is 2.34. The Hall–Kier alpha value is -3.62. The van der Waals surface area contributed by atoms with Gasteiger partial charge in [0.15, 0.2) is 11.5 Å². The number of aryl methyl sites for hydroxylation is 1. The Kier molecular flexibility index (Phi) is 7.13. The van der Waals surface area contributed by atoms with Crippen molar-refractivity contribution in [2.75, 3.05) is 13.7 Å². The quantitative estimate of drug-likeness (QED) is 0.487. The molecule has 9 nitrogen and oxygen atoms in total. The molecule has 0 aliphatic heterocycles. The number of nitrogens with one attached hydrogen (secondary N) is 1. The molecule has 9 heteroatoms. The minimum atomic E-state index is -1.11. The van der Waals surface area contributed by atoms with E-state index in [2.05, 4.69) is 5.32 Å². The normalized spacial score (nSPS) is 11.4. The zero-order valence-corrected chi connectivity index (χ0v) is 16.3. The van der Waals surface area contributed by atoms with Gasteiger partial charge in [-0.05, 0) is 37.6 Å². The van der Waals surface area contributed by atoms with Crippen LogP contribution in [-0.2, 0) is 4.79 Å². The van der Waals surface area contributed by atoms with Crippen LogP contribution in [0.1, 0.15) is 40.9 Å². The number of rotatable bonds is 9. The van der Waals surface area contributed by atoms with Gasteiger partial charge in [-0.25, -0.2) is 0 Å². The smallest absolute Gasteiger partial charge is 0.305 e. The molecule has 0 aliphatic rings. The van der Waals surface area contributed by atoms with Gasteiger partial charge in [0.25, 0.3) is 11.6 Å².